The number of hydrogen-bond acceptors (Lipinski definition) is 3. The van der Waals surface area contributed by atoms with Gasteiger partial charge in [0.2, 0.25) is 0 Å². The third-order valence-corrected chi connectivity index (χ3v) is 3.63. The molecule has 0 unspecified atom stereocenters. The van der Waals surface area contributed by atoms with Crippen LogP contribution in [0, 0.1) is 0 Å². The summed E-state index contributed by atoms with van der Waals surface area (Å²) in [6.07, 6.45) is 2.21. The molecule has 2 nitrogen and oxygen atoms in total. The number of thiol groups is 1. The van der Waals surface area contributed by atoms with E-state index in [2.05, 4.69) is 52.6 Å². The van der Waals surface area contributed by atoms with Crippen LogP contribution >= 0.6 is 28.6 Å². The minimum absolute atomic E-state index is 0.886. The van der Waals surface area contributed by atoms with E-state index in [0.29, 0.717) is 0 Å². The topological polar surface area (TPSA) is 12.5 Å². The third kappa shape index (κ3) is 5.32. The molecule has 0 atom stereocenters. The van der Waals surface area contributed by atoms with Crippen LogP contribution in [0.1, 0.15) is 12.0 Å². The van der Waals surface area contributed by atoms with Crippen molar-refractivity contribution in [1.82, 2.24) is 4.90 Å². The van der Waals surface area contributed by atoms with Crippen LogP contribution in [-0.4, -0.2) is 37.9 Å². The standard InChI is InChI=1S/C13H20BrNOS/c1-15(7-3-9-17)8-6-11-4-5-13(16-2)12(14)10-11/h4-5,10,17H,3,6-9H2,1-2H3. The van der Waals surface area contributed by atoms with Gasteiger partial charge >= 0.3 is 0 Å². The van der Waals surface area contributed by atoms with Crippen molar-refractivity contribution in [2.24, 2.45) is 0 Å². The van der Waals surface area contributed by atoms with Crippen molar-refractivity contribution in [2.45, 2.75) is 12.8 Å². The van der Waals surface area contributed by atoms with Gasteiger partial charge in [0.05, 0.1) is 11.6 Å². The fraction of sp³-hybridized carbons (Fsp3) is 0.538. The van der Waals surface area contributed by atoms with E-state index in [4.69, 9.17) is 4.74 Å². The Morgan fingerprint density at radius 3 is 2.71 bits per heavy atom. The molecule has 96 valence electrons. The summed E-state index contributed by atoms with van der Waals surface area (Å²) >= 11 is 7.73. The number of likely N-dealkylation sites (N-methyl/N-ethyl adjacent to an activating group) is 1. The van der Waals surface area contributed by atoms with Crippen molar-refractivity contribution in [3.8, 4) is 5.75 Å². The van der Waals surface area contributed by atoms with Gasteiger partial charge in [0.25, 0.3) is 0 Å². The highest BCUT2D eigenvalue weighted by Crippen LogP contribution is 2.25. The SMILES string of the molecule is COc1ccc(CCN(C)CCCS)cc1Br. The third-order valence-electron chi connectivity index (χ3n) is 2.70. The van der Waals surface area contributed by atoms with Gasteiger partial charge in [-0.1, -0.05) is 6.07 Å². The second-order valence-corrected chi connectivity index (χ2v) is 5.40. The second-order valence-electron chi connectivity index (χ2n) is 4.10. The molecule has 1 aromatic rings. The number of nitrogens with zero attached hydrogens (tertiary/aromatic N) is 1. The second kappa shape index (κ2) is 8.01. The zero-order valence-corrected chi connectivity index (χ0v) is 12.9. The first-order chi connectivity index (χ1) is 8.17. The fourth-order valence-electron chi connectivity index (χ4n) is 1.64. The van der Waals surface area contributed by atoms with Gasteiger partial charge in [0, 0.05) is 6.54 Å². The summed E-state index contributed by atoms with van der Waals surface area (Å²) in [4.78, 5) is 2.34. The lowest BCUT2D eigenvalue weighted by atomic mass is 10.1. The Bertz CT molecular complexity index is 346. The van der Waals surface area contributed by atoms with Crippen LogP contribution in [-0.2, 0) is 6.42 Å². The van der Waals surface area contributed by atoms with E-state index in [-0.39, 0.29) is 0 Å². The monoisotopic (exact) mass is 317 g/mol. The lowest BCUT2D eigenvalue weighted by Gasteiger charge is -2.16. The molecule has 0 bridgehead atoms. The molecular formula is C13H20BrNOS. The average Bonchev–Trinajstić information content (AvgIpc) is 2.34. The first-order valence-electron chi connectivity index (χ1n) is 5.79. The molecule has 0 fully saturated rings. The van der Waals surface area contributed by atoms with Gasteiger partial charge in [-0.15, -0.1) is 0 Å². The summed E-state index contributed by atoms with van der Waals surface area (Å²) in [6.45, 7) is 2.19. The molecule has 1 rings (SSSR count). The van der Waals surface area contributed by atoms with Crippen LogP contribution in [0.15, 0.2) is 22.7 Å². The molecule has 0 aliphatic rings. The predicted octanol–water partition coefficient (Wildman–Crippen LogP) is 3.25. The molecule has 1 aromatic carbocycles. The molecule has 0 aliphatic carbocycles. The van der Waals surface area contributed by atoms with Crippen molar-refractivity contribution in [1.29, 1.82) is 0 Å². The molecule has 0 spiro atoms. The molecule has 0 aromatic heterocycles. The summed E-state index contributed by atoms with van der Waals surface area (Å²) in [5, 5.41) is 0. The lowest BCUT2D eigenvalue weighted by Crippen LogP contribution is -2.22. The zero-order valence-electron chi connectivity index (χ0n) is 10.4. The first-order valence-corrected chi connectivity index (χ1v) is 7.21. The minimum atomic E-state index is 0.886. The number of rotatable bonds is 7. The normalized spacial score (nSPS) is 10.9. The van der Waals surface area contributed by atoms with Gasteiger partial charge in [-0.25, -0.2) is 0 Å². The van der Waals surface area contributed by atoms with Gasteiger partial charge in [-0.05, 0) is 65.8 Å². The van der Waals surface area contributed by atoms with Gasteiger partial charge < -0.3 is 9.64 Å². The molecule has 0 heterocycles. The van der Waals surface area contributed by atoms with Gasteiger partial charge in [-0.3, -0.25) is 0 Å². The van der Waals surface area contributed by atoms with E-state index >= 15 is 0 Å². The quantitative estimate of drug-likeness (QED) is 0.775. The number of benzene rings is 1. The predicted molar refractivity (Wildman–Crippen MR) is 80.4 cm³/mol. The molecule has 17 heavy (non-hydrogen) atoms. The molecule has 0 N–H and O–H groups in total. The van der Waals surface area contributed by atoms with Crippen molar-refractivity contribution in [2.75, 3.05) is 33.0 Å². The Kier molecular flexibility index (Phi) is 7.00. The summed E-state index contributed by atoms with van der Waals surface area (Å²) < 4.78 is 6.24. The van der Waals surface area contributed by atoms with Crippen LogP contribution < -0.4 is 4.74 Å². The zero-order chi connectivity index (χ0) is 12.7. The lowest BCUT2D eigenvalue weighted by molar-refractivity contribution is 0.340. The molecule has 0 saturated carbocycles. The summed E-state index contributed by atoms with van der Waals surface area (Å²) in [7, 11) is 3.84. The van der Waals surface area contributed by atoms with Crippen molar-refractivity contribution in [3.63, 3.8) is 0 Å². The maximum absolute atomic E-state index is 5.21. The fourth-order valence-corrected chi connectivity index (χ4v) is 2.37. The summed E-state index contributed by atoms with van der Waals surface area (Å²) in [5.41, 5.74) is 1.33. The van der Waals surface area contributed by atoms with E-state index in [1.54, 1.807) is 7.11 Å². The Balaban J connectivity index is 2.44. The van der Waals surface area contributed by atoms with E-state index in [9.17, 15) is 0 Å². The first kappa shape index (κ1) is 14.9. The smallest absolute Gasteiger partial charge is 0.133 e. The number of ether oxygens (including phenoxy) is 1. The number of methoxy groups -OCH3 is 1. The van der Waals surface area contributed by atoms with Crippen molar-refractivity contribution >= 4 is 28.6 Å². The minimum Gasteiger partial charge on any atom is -0.496 e. The van der Waals surface area contributed by atoms with Crippen LogP contribution in [0.2, 0.25) is 0 Å². The molecule has 0 amide bonds. The highest BCUT2D eigenvalue weighted by molar-refractivity contribution is 9.10. The number of hydrogen-bond donors (Lipinski definition) is 1. The Labute approximate surface area is 118 Å². The molecular weight excluding hydrogens is 298 g/mol. The van der Waals surface area contributed by atoms with E-state index in [1.807, 2.05) is 6.07 Å². The molecule has 0 aliphatic heterocycles. The van der Waals surface area contributed by atoms with Gasteiger partial charge in [-0.2, -0.15) is 12.6 Å². The summed E-state index contributed by atoms with van der Waals surface area (Å²) in [6, 6.07) is 6.26. The molecule has 0 saturated heterocycles. The maximum atomic E-state index is 5.21. The van der Waals surface area contributed by atoms with E-state index < -0.39 is 0 Å². The van der Waals surface area contributed by atoms with Crippen molar-refractivity contribution in [3.05, 3.63) is 28.2 Å². The number of halogens is 1. The Hall–Kier alpha value is -0.190. The van der Waals surface area contributed by atoms with Crippen LogP contribution in [0.5, 0.6) is 5.75 Å². The highest BCUT2D eigenvalue weighted by atomic mass is 79.9. The van der Waals surface area contributed by atoms with Crippen LogP contribution in [0.25, 0.3) is 0 Å². The van der Waals surface area contributed by atoms with Crippen LogP contribution in [0.4, 0.5) is 0 Å². The van der Waals surface area contributed by atoms with Gasteiger partial charge in [0.15, 0.2) is 0 Å². The van der Waals surface area contributed by atoms with Gasteiger partial charge in [0.1, 0.15) is 5.75 Å². The molecule has 0 radical (unpaired) electrons. The summed E-state index contributed by atoms with van der Waals surface area (Å²) in [5.74, 6) is 1.84. The maximum Gasteiger partial charge on any atom is 0.133 e. The van der Waals surface area contributed by atoms with E-state index in [0.717, 1.165) is 41.9 Å². The Morgan fingerprint density at radius 2 is 2.12 bits per heavy atom. The average molecular weight is 318 g/mol. The largest absolute Gasteiger partial charge is 0.496 e. The van der Waals surface area contributed by atoms with Crippen LogP contribution in [0.3, 0.4) is 0 Å². The van der Waals surface area contributed by atoms with Crippen molar-refractivity contribution < 1.29 is 4.74 Å². The Morgan fingerprint density at radius 1 is 1.35 bits per heavy atom. The molecule has 4 heteroatoms. The van der Waals surface area contributed by atoms with E-state index in [1.165, 1.54) is 5.56 Å². The highest BCUT2D eigenvalue weighted by Gasteiger charge is 2.03.